The number of allylic oxidation sites excluding steroid dienone is 2. The van der Waals surface area contributed by atoms with Gasteiger partial charge in [-0.25, -0.2) is 4.79 Å². The molecule has 0 aliphatic carbocycles. The molecule has 3 nitrogen and oxygen atoms in total. The van der Waals surface area contributed by atoms with E-state index in [4.69, 9.17) is 4.74 Å². The summed E-state index contributed by atoms with van der Waals surface area (Å²) in [5.74, 6) is -0.982. The van der Waals surface area contributed by atoms with Gasteiger partial charge in [0.15, 0.2) is 0 Å². The Morgan fingerprint density at radius 3 is 1.80 bits per heavy atom. The van der Waals surface area contributed by atoms with E-state index in [2.05, 4.69) is 19.1 Å². The Labute approximate surface area is 228 Å². The van der Waals surface area contributed by atoms with Gasteiger partial charge in [-0.3, -0.25) is 4.79 Å². The first-order chi connectivity index (χ1) is 13.7. The topological polar surface area (TPSA) is 43.4 Å². The second-order valence-electron chi connectivity index (χ2n) is 7.46. The monoisotopic (exact) mass is 434 g/mol. The van der Waals surface area contributed by atoms with E-state index < -0.39 is 11.9 Å². The van der Waals surface area contributed by atoms with Crippen LogP contribution in [0.15, 0.2) is 42.5 Å². The van der Waals surface area contributed by atoms with Gasteiger partial charge in [0.1, 0.15) is 0 Å². The molecule has 1 aromatic carbocycles. The number of benzene rings is 1. The van der Waals surface area contributed by atoms with Gasteiger partial charge in [0.25, 0.3) is 0 Å². The zero-order valence-electron chi connectivity index (χ0n) is 17.7. The summed E-state index contributed by atoms with van der Waals surface area (Å²) in [5, 5.41) is 0. The first-order valence-corrected chi connectivity index (χ1v) is 11.2. The van der Waals surface area contributed by atoms with Crippen molar-refractivity contribution < 1.29 is 14.3 Å². The third kappa shape index (κ3) is 18.8. The van der Waals surface area contributed by atoms with Gasteiger partial charge in [0.2, 0.25) is 0 Å². The van der Waals surface area contributed by atoms with Crippen molar-refractivity contribution in [1.82, 2.24) is 0 Å². The van der Waals surface area contributed by atoms with Crippen LogP contribution >= 0.6 is 0 Å². The molecule has 1 rings (SSSR count). The molecule has 0 saturated heterocycles. The van der Waals surface area contributed by atoms with Gasteiger partial charge in [-0.05, 0) is 44.2 Å². The zero-order valence-corrected chi connectivity index (χ0v) is 17.7. The minimum atomic E-state index is -0.557. The van der Waals surface area contributed by atoms with E-state index >= 15 is 0 Å². The number of unbranched alkanes of at least 4 members (excludes halogenated alkanes) is 11. The summed E-state index contributed by atoms with van der Waals surface area (Å²) in [4.78, 5) is 23.5. The molecule has 0 aromatic heterocycles. The second kappa shape index (κ2) is 23.8. The van der Waals surface area contributed by atoms with Gasteiger partial charge in [-0.2, -0.15) is 0 Å². The molecular formula is C25H40Na2O3. The third-order valence-corrected chi connectivity index (χ3v) is 4.86. The van der Waals surface area contributed by atoms with Crippen molar-refractivity contribution in [3.8, 4) is 0 Å². The predicted molar refractivity (Wildman–Crippen MR) is 131 cm³/mol. The maximum absolute atomic E-state index is 11.8. The Morgan fingerprint density at radius 2 is 1.23 bits per heavy atom. The van der Waals surface area contributed by atoms with Gasteiger partial charge in [0.05, 0.1) is 5.56 Å². The van der Waals surface area contributed by atoms with Gasteiger partial charge in [-0.15, -0.1) is 0 Å². The van der Waals surface area contributed by atoms with Crippen LogP contribution in [0.3, 0.4) is 0 Å². The van der Waals surface area contributed by atoms with Crippen LogP contribution in [0.1, 0.15) is 107 Å². The zero-order chi connectivity index (χ0) is 20.3. The number of carbonyl (C=O) groups is 2. The first kappa shape index (κ1) is 32.3. The Bertz CT molecular complexity index is 559. The van der Waals surface area contributed by atoms with E-state index in [1.165, 1.54) is 57.8 Å². The number of esters is 2. The molecule has 0 saturated carbocycles. The molecule has 30 heavy (non-hydrogen) atoms. The van der Waals surface area contributed by atoms with Crippen LogP contribution in [-0.4, -0.2) is 71.1 Å². The SMILES string of the molecule is CCCCCCCC/C=C\CCCCCCCC(=O)OC(=O)c1ccccc1.[NaH].[NaH]. The van der Waals surface area contributed by atoms with Crippen molar-refractivity contribution in [1.29, 1.82) is 0 Å². The average Bonchev–Trinajstić information content (AvgIpc) is 2.71. The molecule has 0 heterocycles. The molecule has 0 aliphatic heterocycles. The van der Waals surface area contributed by atoms with Crippen molar-refractivity contribution in [3.63, 3.8) is 0 Å². The maximum atomic E-state index is 11.8. The summed E-state index contributed by atoms with van der Waals surface area (Å²) in [6.07, 6.45) is 20.8. The number of ether oxygens (including phenoxy) is 1. The molecule has 0 atom stereocenters. The molecule has 0 aliphatic rings. The summed E-state index contributed by atoms with van der Waals surface area (Å²) in [7, 11) is 0. The van der Waals surface area contributed by atoms with Crippen molar-refractivity contribution in [2.24, 2.45) is 0 Å². The fourth-order valence-corrected chi connectivity index (χ4v) is 3.13. The number of rotatable bonds is 16. The van der Waals surface area contributed by atoms with Crippen LogP contribution in [0, 0.1) is 0 Å². The van der Waals surface area contributed by atoms with Gasteiger partial charge >= 0.3 is 71.1 Å². The Balaban J connectivity index is 0. The van der Waals surface area contributed by atoms with E-state index in [1.807, 2.05) is 6.07 Å². The quantitative estimate of drug-likeness (QED) is 0.104. The molecule has 0 amide bonds. The van der Waals surface area contributed by atoms with E-state index in [0.717, 1.165) is 25.7 Å². The first-order valence-electron chi connectivity index (χ1n) is 11.2. The Hall–Kier alpha value is 0.100. The summed E-state index contributed by atoms with van der Waals surface area (Å²) in [6.45, 7) is 2.26. The molecule has 5 heteroatoms. The molecule has 0 unspecified atom stereocenters. The standard InChI is InChI=1S/C25H38O3.2Na.2H/c1-2-3-4-5-6-7-8-9-10-11-12-13-14-15-19-22-24(26)28-25(27)23-20-17-16-18-21-23;;;;/h9-10,16-18,20-21H,2-8,11-15,19,22H2,1H3;;;;/b10-9-;;;;. The fraction of sp³-hybridized carbons (Fsp3) is 0.600. The predicted octanol–water partition coefficient (Wildman–Crippen LogP) is 6.11. The van der Waals surface area contributed by atoms with Crippen molar-refractivity contribution in [2.75, 3.05) is 0 Å². The Morgan fingerprint density at radius 1 is 0.733 bits per heavy atom. The van der Waals surface area contributed by atoms with E-state index in [9.17, 15) is 9.59 Å². The summed E-state index contributed by atoms with van der Waals surface area (Å²) in [5.41, 5.74) is 0.417. The number of carbonyl (C=O) groups excluding carboxylic acids is 2. The van der Waals surface area contributed by atoms with E-state index in [0.29, 0.717) is 12.0 Å². The number of hydrogen-bond acceptors (Lipinski definition) is 3. The molecule has 0 fully saturated rings. The molecule has 1 aromatic rings. The molecule has 0 spiro atoms. The van der Waals surface area contributed by atoms with Crippen molar-refractivity contribution in [3.05, 3.63) is 48.0 Å². The molecular weight excluding hydrogens is 394 g/mol. The fourth-order valence-electron chi connectivity index (χ4n) is 3.13. The van der Waals surface area contributed by atoms with Crippen LogP contribution in [0.5, 0.6) is 0 Å². The van der Waals surface area contributed by atoms with Gasteiger partial charge < -0.3 is 4.74 Å². The summed E-state index contributed by atoms with van der Waals surface area (Å²) in [6, 6.07) is 8.63. The van der Waals surface area contributed by atoms with E-state index in [1.54, 1.807) is 24.3 Å². The van der Waals surface area contributed by atoms with Crippen molar-refractivity contribution >= 4 is 71.1 Å². The molecule has 0 bridgehead atoms. The van der Waals surface area contributed by atoms with Crippen LogP contribution < -0.4 is 0 Å². The average molecular weight is 435 g/mol. The molecule has 0 radical (unpaired) electrons. The normalized spacial score (nSPS) is 10.3. The van der Waals surface area contributed by atoms with Gasteiger partial charge in [0, 0.05) is 6.42 Å². The number of hydrogen-bond donors (Lipinski definition) is 0. The van der Waals surface area contributed by atoms with Crippen LogP contribution in [0.2, 0.25) is 0 Å². The van der Waals surface area contributed by atoms with Crippen LogP contribution in [-0.2, 0) is 9.53 Å². The van der Waals surface area contributed by atoms with Crippen LogP contribution in [0.4, 0.5) is 0 Å². The molecule has 0 N–H and O–H groups in total. The second-order valence-corrected chi connectivity index (χ2v) is 7.46. The minimum absolute atomic E-state index is 0. The van der Waals surface area contributed by atoms with Gasteiger partial charge in [-0.1, -0.05) is 88.6 Å². The molecule has 160 valence electrons. The van der Waals surface area contributed by atoms with Crippen molar-refractivity contribution in [2.45, 2.75) is 96.8 Å². The third-order valence-electron chi connectivity index (χ3n) is 4.86. The summed E-state index contributed by atoms with van der Waals surface area (Å²) >= 11 is 0. The summed E-state index contributed by atoms with van der Waals surface area (Å²) < 4.78 is 4.87. The van der Waals surface area contributed by atoms with Crippen LogP contribution in [0.25, 0.3) is 0 Å². The Kier molecular flexibility index (Phi) is 25.6. The van der Waals surface area contributed by atoms with E-state index in [-0.39, 0.29) is 59.1 Å².